The van der Waals surface area contributed by atoms with Gasteiger partial charge in [0.2, 0.25) is 4.96 Å². The monoisotopic (exact) mass is 357 g/mol. The lowest BCUT2D eigenvalue weighted by atomic mass is 10.1. The van der Waals surface area contributed by atoms with Crippen molar-refractivity contribution in [3.63, 3.8) is 0 Å². The van der Waals surface area contributed by atoms with Gasteiger partial charge in [0, 0.05) is 32.0 Å². The predicted molar refractivity (Wildman–Crippen MR) is 97.9 cm³/mol. The van der Waals surface area contributed by atoms with Gasteiger partial charge in [-0.25, -0.2) is 0 Å². The van der Waals surface area contributed by atoms with Crippen LogP contribution < -0.4 is 0 Å². The molecule has 1 saturated heterocycles. The van der Waals surface area contributed by atoms with Crippen LogP contribution in [0.2, 0.25) is 0 Å². The van der Waals surface area contributed by atoms with Gasteiger partial charge in [-0.1, -0.05) is 55.5 Å². The van der Waals surface area contributed by atoms with E-state index in [4.69, 9.17) is 9.84 Å². The van der Waals surface area contributed by atoms with Crippen LogP contribution in [0.4, 0.5) is 0 Å². The number of morpholine rings is 1. The van der Waals surface area contributed by atoms with Crippen LogP contribution in [0.5, 0.6) is 0 Å². The van der Waals surface area contributed by atoms with Gasteiger partial charge in [-0.2, -0.15) is 9.61 Å². The number of hydrogen-bond donors (Lipinski definition) is 0. The van der Waals surface area contributed by atoms with Crippen molar-refractivity contribution in [2.75, 3.05) is 19.7 Å². The van der Waals surface area contributed by atoms with E-state index in [9.17, 15) is 0 Å². The van der Waals surface area contributed by atoms with Gasteiger partial charge < -0.3 is 4.74 Å². The molecule has 0 saturated carbocycles. The molecule has 0 N–H and O–H groups in total. The highest BCUT2D eigenvalue weighted by molar-refractivity contribution is 7.16. The Hall–Kier alpha value is -1.83. The molecule has 1 fully saturated rings. The topological polar surface area (TPSA) is 55.5 Å². The first-order valence-electron chi connectivity index (χ1n) is 8.78. The molecular formula is C18H23N5OS. The molecule has 1 aliphatic heterocycles. The number of nitrogens with zero attached hydrogens (tertiary/aromatic N) is 5. The quantitative estimate of drug-likeness (QED) is 0.703. The maximum atomic E-state index is 5.98. The second kappa shape index (κ2) is 7.19. The predicted octanol–water partition coefficient (Wildman–Crippen LogP) is 2.75. The van der Waals surface area contributed by atoms with E-state index in [1.54, 1.807) is 11.3 Å². The summed E-state index contributed by atoms with van der Waals surface area (Å²) in [6.45, 7) is 7.89. The number of fused-ring (bicyclic) bond motifs is 1. The van der Waals surface area contributed by atoms with Crippen LogP contribution >= 0.6 is 11.3 Å². The first-order chi connectivity index (χ1) is 12.2. The SMILES string of the molecule is CC(C)c1nnc2sc(C[C@H]3CN(Cc4ccccc4)CCO3)nn12. The summed E-state index contributed by atoms with van der Waals surface area (Å²) in [6.07, 6.45) is 1.01. The van der Waals surface area contributed by atoms with E-state index < -0.39 is 0 Å². The Labute approximate surface area is 151 Å². The average Bonchev–Trinajstić information content (AvgIpc) is 3.16. The first kappa shape index (κ1) is 16.6. The smallest absolute Gasteiger partial charge is 0.234 e. The van der Waals surface area contributed by atoms with E-state index in [-0.39, 0.29) is 6.10 Å². The molecule has 1 aromatic carbocycles. The molecule has 132 valence electrons. The molecule has 0 unspecified atom stereocenters. The van der Waals surface area contributed by atoms with Crippen molar-refractivity contribution >= 4 is 16.3 Å². The van der Waals surface area contributed by atoms with Gasteiger partial charge in [-0.3, -0.25) is 4.90 Å². The first-order valence-corrected chi connectivity index (χ1v) is 9.59. The van der Waals surface area contributed by atoms with Gasteiger partial charge in [0.05, 0.1) is 12.7 Å². The van der Waals surface area contributed by atoms with E-state index >= 15 is 0 Å². The highest BCUT2D eigenvalue weighted by atomic mass is 32.1. The minimum atomic E-state index is 0.184. The second-order valence-electron chi connectivity index (χ2n) is 6.82. The fourth-order valence-corrected chi connectivity index (χ4v) is 4.10. The number of hydrogen-bond acceptors (Lipinski definition) is 6. The van der Waals surface area contributed by atoms with Crippen molar-refractivity contribution in [1.82, 2.24) is 24.7 Å². The average molecular weight is 357 g/mol. The molecular weight excluding hydrogens is 334 g/mol. The van der Waals surface area contributed by atoms with E-state index in [1.807, 2.05) is 4.52 Å². The Balaban J connectivity index is 1.42. The van der Waals surface area contributed by atoms with Gasteiger partial charge in [-0.05, 0) is 5.56 Å². The molecule has 6 nitrogen and oxygen atoms in total. The van der Waals surface area contributed by atoms with Crippen molar-refractivity contribution in [3.05, 3.63) is 46.7 Å². The zero-order valence-electron chi connectivity index (χ0n) is 14.6. The van der Waals surface area contributed by atoms with E-state index in [2.05, 4.69) is 59.3 Å². The zero-order chi connectivity index (χ0) is 17.2. The fraction of sp³-hybridized carbons (Fsp3) is 0.500. The molecule has 2 aromatic heterocycles. The highest BCUT2D eigenvalue weighted by Gasteiger charge is 2.23. The maximum absolute atomic E-state index is 5.98. The van der Waals surface area contributed by atoms with Crippen LogP contribution in [0.3, 0.4) is 0 Å². The molecule has 3 aromatic rings. The van der Waals surface area contributed by atoms with Crippen LogP contribution in [0.25, 0.3) is 4.96 Å². The molecule has 4 rings (SSSR count). The molecule has 0 bridgehead atoms. The van der Waals surface area contributed by atoms with Crippen LogP contribution in [0.1, 0.15) is 36.2 Å². The number of rotatable bonds is 5. The molecule has 25 heavy (non-hydrogen) atoms. The van der Waals surface area contributed by atoms with E-state index in [0.717, 1.165) is 48.5 Å². The van der Waals surface area contributed by atoms with Crippen molar-refractivity contribution in [1.29, 1.82) is 0 Å². The Bertz CT molecular complexity index is 828. The largest absolute Gasteiger partial charge is 0.375 e. The summed E-state index contributed by atoms with van der Waals surface area (Å²) in [4.78, 5) is 3.33. The second-order valence-corrected chi connectivity index (χ2v) is 7.86. The van der Waals surface area contributed by atoms with Crippen LogP contribution in [0, 0.1) is 0 Å². The number of benzene rings is 1. The molecule has 7 heteroatoms. The number of ether oxygens (including phenoxy) is 1. The third-order valence-corrected chi connectivity index (χ3v) is 5.37. The number of aromatic nitrogens is 4. The standard InChI is InChI=1S/C18H23N5OS/c1-13(2)17-19-20-18-23(17)21-16(25-18)10-15-12-22(8-9-24-15)11-14-6-4-3-5-7-14/h3-7,13,15H,8-12H2,1-2H3/t15-/m0/s1. The molecule has 0 aliphatic carbocycles. The summed E-state index contributed by atoms with van der Waals surface area (Å²) in [7, 11) is 0. The highest BCUT2D eigenvalue weighted by Crippen LogP contribution is 2.21. The van der Waals surface area contributed by atoms with Crippen LogP contribution in [-0.2, 0) is 17.7 Å². The summed E-state index contributed by atoms with van der Waals surface area (Å²) < 4.78 is 7.86. The van der Waals surface area contributed by atoms with Gasteiger partial charge in [0.15, 0.2) is 5.82 Å². The van der Waals surface area contributed by atoms with Gasteiger partial charge in [0.1, 0.15) is 5.01 Å². The lowest BCUT2D eigenvalue weighted by molar-refractivity contribution is -0.0305. The summed E-state index contributed by atoms with van der Waals surface area (Å²) in [5, 5.41) is 14.2. The third-order valence-electron chi connectivity index (χ3n) is 4.45. The van der Waals surface area contributed by atoms with Crippen molar-refractivity contribution in [2.45, 2.75) is 38.8 Å². The van der Waals surface area contributed by atoms with Crippen molar-refractivity contribution < 1.29 is 4.74 Å². The Morgan fingerprint density at radius 1 is 1.24 bits per heavy atom. The maximum Gasteiger partial charge on any atom is 0.234 e. The van der Waals surface area contributed by atoms with E-state index in [0.29, 0.717) is 5.92 Å². The van der Waals surface area contributed by atoms with Gasteiger partial charge in [0.25, 0.3) is 0 Å². The summed E-state index contributed by atoms with van der Waals surface area (Å²) in [6, 6.07) is 10.6. The molecule has 1 aliphatic rings. The van der Waals surface area contributed by atoms with Crippen LogP contribution in [-0.4, -0.2) is 50.5 Å². The fourth-order valence-electron chi connectivity index (χ4n) is 3.20. The molecule has 3 heterocycles. The molecule has 0 radical (unpaired) electrons. The van der Waals surface area contributed by atoms with Crippen LogP contribution in [0.15, 0.2) is 30.3 Å². The van der Waals surface area contributed by atoms with E-state index in [1.165, 1.54) is 5.56 Å². The summed E-state index contributed by atoms with van der Waals surface area (Å²) in [5.74, 6) is 1.24. The summed E-state index contributed by atoms with van der Waals surface area (Å²) >= 11 is 1.61. The molecule has 0 amide bonds. The normalized spacial score (nSPS) is 19.1. The van der Waals surface area contributed by atoms with Crippen molar-refractivity contribution in [2.24, 2.45) is 0 Å². The Morgan fingerprint density at radius 3 is 2.88 bits per heavy atom. The zero-order valence-corrected chi connectivity index (χ0v) is 15.4. The minimum absolute atomic E-state index is 0.184. The molecule has 1 atom stereocenters. The lowest BCUT2D eigenvalue weighted by Gasteiger charge is -2.32. The Kier molecular flexibility index (Phi) is 4.78. The van der Waals surface area contributed by atoms with Gasteiger partial charge >= 0.3 is 0 Å². The minimum Gasteiger partial charge on any atom is -0.375 e. The molecule has 0 spiro atoms. The van der Waals surface area contributed by atoms with Gasteiger partial charge in [-0.15, -0.1) is 10.2 Å². The lowest BCUT2D eigenvalue weighted by Crippen LogP contribution is -2.42. The third kappa shape index (κ3) is 3.73. The Morgan fingerprint density at radius 2 is 2.08 bits per heavy atom. The van der Waals surface area contributed by atoms with Crippen molar-refractivity contribution in [3.8, 4) is 0 Å². The summed E-state index contributed by atoms with van der Waals surface area (Å²) in [5.41, 5.74) is 1.35.